The molecule has 4 rings (SSSR count). The van der Waals surface area contributed by atoms with Crippen molar-refractivity contribution < 1.29 is 17.9 Å². The molecule has 0 aliphatic carbocycles. The van der Waals surface area contributed by atoms with Crippen molar-refractivity contribution in [3.63, 3.8) is 0 Å². The van der Waals surface area contributed by atoms with Gasteiger partial charge in [0.1, 0.15) is 18.5 Å². The second-order valence-corrected chi connectivity index (χ2v) is 9.81. The zero-order valence-electron chi connectivity index (χ0n) is 18.8. The smallest absolute Gasteiger partial charge is 0.324 e. The van der Waals surface area contributed by atoms with Gasteiger partial charge >= 0.3 is 5.97 Å². The Morgan fingerprint density at radius 3 is 2.29 bits per heavy atom. The van der Waals surface area contributed by atoms with E-state index in [4.69, 9.17) is 15.9 Å². The van der Waals surface area contributed by atoms with Gasteiger partial charge < -0.3 is 10.5 Å². The third-order valence-electron chi connectivity index (χ3n) is 5.51. The third kappa shape index (κ3) is 6.11. The van der Waals surface area contributed by atoms with Crippen molar-refractivity contribution in [1.82, 2.24) is 4.72 Å². The number of nitrogens with two attached hydrogens (primary N) is 1. The fourth-order valence-electron chi connectivity index (χ4n) is 3.69. The maximum Gasteiger partial charge on any atom is 0.324 e. The average molecular weight is 488 g/mol. The summed E-state index contributed by atoms with van der Waals surface area (Å²) in [6.07, 6.45) is 0.0293. The van der Waals surface area contributed by atoms with Crippen LogP contribution in [0.25, 0.3) is 10.8 Å². The number of fused-ring (bicyclic) bond motifs is 1. The summed E-state index contributed by atoms with van der Waals surface area (Å²) in [5, 5.41) is 9.34. The van der Waals surface area contributed by atoms with E-state index in [1.807, 2.05) is 54.6 Å². The van der Waals surface area contributed by atoms with Crippen LogP contribution in [0.5, 0.6) is 0 Å². The molecule has 0 radical (unpaired) electrons. The molecule has 0 aromatic heterocycles. The van der Waals surface area contributed by atoms with Crippen molar-refractivity contribution in [3.05, 3.63) is 114 Å². The van der Waals surface area contributed by atoms with Crippen LogP contribution in [0.1, 0.15) is 16.7 Å². The summed E-state index contributed by atoms with van der Waals surface area (Å²) in [4.78, 5) is 13.1. The zero-order valence-corrected chi connectivity index (χ0v) is 19.7. The van der Waals surface area contributed by atoms with E-state index in [9.17, 15) is 13.2 Å². The summed E-state index contributed by atoms with van der Waals surface area (Å²) in [5.41, 5.74) is 7.50. The molecule has 4 aromatic rings. The predicted molar refractivity (Wildman–Crippen MR) is 135 cm³/mol. The zero-order chi connectivity index (χ0) is 24.8. The number of hydrogen-bond donors (Lipinski definition) is 3. The number of hydrogen-bond acceptors (Lipinski definition) is 5. The minimum atomic E-state index is -4.04. The van der Waals surface area contributed by atoms with Gasteiger partial charge in [0.25, 0.3) is 0 Å². The molecule has 4 aromatic carbocycles. The van der Waals surface area contributed by atoms with Gasteiger partial charge in [0, 0.05) is 5.56 Å². The molecule has 0 saturated heterocycles. The molecular formula is C27H25N3O4S. The van der Waals surface area contributed by atoms with Gasteiger partial charge in [-0.2, -0.15) is 4.72 Å². The summed E-state index contributed by atoms with van der Waals surface area (Å²) in [6, 6.07) is 27.0. The number of benzene rings is 4. The van der Waals surface area contributed by atoms with Gasteiger partial charge in [0.05, 0.1) is 4.90 Å². The largest absolute Gasteiger partial charge is 0.460 e. The molecule has 0 aliphatic rings. The maximum atomic E-state index is 13.3. The molecule has 0 fully saturated rings. The van der Waals surface area contributed by atoms with Crippen molar-refractivity contribution in [2.45, 2.75) is 24.0 Å². The topological polar surface area (TPSA) is 122 Å². The Morgan fingerprint density at radius 2 is 1.54 bits per heavy atom. The van der Waals surface area contributed by atoms with Gasteiger partial charge in [-0.3, -0.25) is 10.2 Å². The Hall–Kier alpha value is -4.01. The summed E-state index contributed by atoms with van der Waals surface area (Å²) in [5.74, 6) is -0.821. The minimum absolute atomic E-state index is 0.0152. The minimum Gasteiger partial charge on any atom is -0.460 e. The van der Waals surface area contributed by atoms with Crippen LogP contribution in [0.3, 0.4) is 0 Å². The first-order chi connectivity index (χ1) is 16.8. The van der Waals surface area contributed by atoms with Gasteiger partial charge in [-0.1, -0.05) is 78.9 Å². The standard InChI is InChI=1S/C27H25N3O4S/c28-26(29)23-12-6-9-20(15-23)16-25(27(31)34-18-19-7-2-1-3-8-19)30-35(32,33)24-14-13-21-10-4-5-11-22(21)17-24/h1-15,17,25,30H,16,18H2,(H3,28,29)/t25-/m0/s1. The molecule has 0 unspecified atom stereocenters. The molecule has 0 aliphatic heterocycles. The van der Waals surface area contributed by atoms with E-state index < -0.39 is 22.0 Å². The number of sulfonamides is 1. The van der Waals surface area contributed by atoms with Crippen LogP contribution in [0, 0.1) is 5.41 Å². The lowest BCUT2D eigenvalue weighted by molar-refractivity contribution is -0.147. The van der Waals surface area contributed by atoms with Crippen molar-refractivity contribution in [3.8, 4) is 0 Å². The first kappa shape index (κ1) is 24.1. The van der Waals surface area contributed by atoms with E-state index in [1.54, 1.807) is 36.4 Å². The van der Waals surface area contributed by atoms with E-state index in [0.29, 0.717) is 11.1 Å². The summed E-state index contributed by atoms with van der Waals surface area (Å²) < 4.78 is 34.5. The monoisotopic (exact) mass is 487 g/mol. The molecule has 178 valence electrons. The first-order valence-electron chi connectivity index (χ1n) is 11.0. The molecule has 1 atom stereocenters. The van der Waals surface area contributed by atoms with Crippen LogP contribution in [0.4, 0.5) is 0 Å². The number of amidine groups is 1. The van der Waals surface area contributed by atoms with Crippen LogP contribution < -0.4 is 10.5 Å². The van der Waals surface area contributed by atoms with Gasteiger partial charge in [-0.25, -0.2) is 8.42 Å². The Kier molecular flexibility index (Phi) is 7.24. The van der Waals surface area contributed by atoms with Crippen molar-refractivity contribution >= 4 is 32.6 Å². The van der Waals surface area contributed by atoms with Gasteiger partial charge in [-0.15, -0.1) is 0 Å². The highest BCUT2D eigenvalue weighted by Crippen LogP contribution is 2.20. The molecule has 4 N–H and O–H groups in total. The highest BCUT2D eigenvalue weighted by Gasteiger charge is 2.28. The van der Waals surface area contributed by atoms with E-state index >= 15 is 0 Å². The fourth-order valence-corrected chi connectivity index (χ4v) is 4.91. The number of rotatable bonds is 9. The van der Waals surface area contributed by atoms with Gasteiger partial charge in [0.2, 0.25) is 10.0 Å². The highest BCUT2D eigenvalue weighted by atomic mass is 32.2. The van der Waals surface area contributed by atoms with E-state index in [0.717, 1.165) is 16.3 Å². The number of nitrogen functional groups attached to an aromatic ring is 1. The first-order valence-corrected chi connectivity index (χ1v) is 12.5. The second-order valence-electron chi connectivity index (χ2n) is 8.09. The fraction of sp³-hybridized carbons (Fsp3) is 0.111. The molecule has 8 heteroatoms. The van der Waals surface area contributed by atoms with Crippen LogP contribution in [0.15, 0.2) is 102 Å². The predicted octanol–water partition coefficient (Wildman–Crippen LogP) is 3.76. The lowest BCUT2D eigenvalue weighted by Crippen LogP contribution is -2.43. The summed E-state index contributed by atoms with van der Waals surface area (Å²) in [7, 11) is -4.04. The lowest BCUT2D eigenvalue weighted by atomic mass is 10.0. The number of ether oxygens (including phenoxy) is 1. The highest BCUT2D eigenvalue weighted by molar-refractivity contribution is 7.89. The SMILES string of the molecule is N=C(N)c1cccc(C[C@H](NS(=O)(=O)c2ccc3ccccc3c2)C(=O)OCc2ccccc2)c1. The maximum absolute atomic E-state index is 13.3. The lowest BCUT2D eigenvalue weighted by Gasteiger charge is -2.19. The molecule has 0 heterocycles. The molecule has 0 saturated carbocycles. The molecule has 7 nitrogen and oxygen atoms in total. The van der Waals surface area contributed by atoms with Crippen LogP contribution in [-0.2, 0) is 32.6 Å². The summed E-state index contributed by atoms with van der Waals surface area (Å²) >= 11 is 0. The average Bonchev–Trinajstić information content (AvgIpc) is 2.87. The van der Waals surface area contributed by atoms with Crippen LogP contribution >= 0.6 is 0 Å². The van der Waals surface area contributed by atoms with Crippen molar-refractivity contribution in [2.24, 2.45) is 5.73 Å². The molecule has 0 bridgehead atoms. The van der Waals surface area contributed by atoms with Crippen molar-refractivity contribution in [1.29, 1.82) is 5.41 Å². The molecule has 35 heavy (non-hydrogen) atoms. The third-order valence-corrected chi connectivity index (χ3v) is 6.98. The number of esters is 1. The molecular weight excluding hydrogens is 462 g/mol. The molecule has 0 amide bonds. The normalized spacial score (nSPS) is 12.2. The van der Waals surface area contributed by atoms with E-state index in [1.165, 1.54) is 6.07 Å². The Bertz CT molecular complexity index is 1470. The van der Waals surface area contributed by atoms with Gasteiger partial charge in [-0.05, 0) is 46.5 Å². The number of carbonyl (C=O) groups is 1. The summed E-state index contributed by atoms with van der Waals surface area (Å²) in [6.45, 7) is 0.0152. The quantitative estimate of drug-likeness (QED) is 0.189. The Labute approximate surface area is 204 Å². The Morgan fingerprint density at radius 1 is 0.857 bits per heavy atom. The number of carbonyl (C=O) groups excluding carboxylic acids is 1. The van der Waals surface area contributed by atoms with Crippen LogP contribution in [-0.4, -0.2) is 26.3 Å². The number of nitrogens with one attached hydrogen (secondary N) is 2. The second kappa shape index (κ2) is 10.5. The van der Waals surface area contributed by atoms with E-state index in [2.05, 4.69) is 4.72 Å². The Balaban J connectivity index is 1.60. The molecule has 0 spiro atoms. The van der Waals surface area contributed by atoms with Crippen LogP contribution in [0.2, 0.25) is 0 Å². The van der Waals surface area contributed by atoms with E-state index in [-0.39, 0.29) is 23.8 Å². The van der Waals surface area contributed by atoms with Crippen molar-refractivity contribution in [2.75, 3.05) is 0 Å². The van der Waals surface area contributed by atoms with Gasteiger partial charge in [0.15, 0.2) is 0 Å².